The summed E-state index contributed by atoms with van der Waals surface area (Å²) >= 11 is 0. The molecule has 10 heteroatoms. The molecular formula is C16H13F4NO4S. The molecule has 0 saturated heterocycles. The average Bonchev–Trinajstić information content (AvgIpc) is 2.52. The van der Waals surface area contributed by atoms with E-state index in [1.165, 1.54) is 12.1 Å². The maximum absolute atomic E-state index is 13.2. The Hall–Kier alpha value is -2.46. The largest absolute Gasteiger partial charge is 0.416 e. The molecule has 5 nitrogen and oxygen atoms in total. The summed E-state index contributed by atoms with van der Waals surface area (Å²) < 4.78 is 81.8. The predicted molar refractivity (Wildman–Crippen MR) is 82.8 cm³/mol. The third-order valence-corrected chi connectivity index (χ3v) is 4.69. The van der Waals surface area contributed by atoms with Crippen LogP contribution in [-0.2, 0) is 25.3 Å². The molecule has 0 radical (unpaired) electrons. The van der Waals surface area contributed by atoms with E-state index in [0.29, 0.717) is 12.1 Å². The van der Waals surface area contributed by atoms with Gasteiger partial charge in [0.15, 0.2) is 6.10 Å². The van der Waals surface area contributed by atoms with E-state index in [9.17, 15) is 30.8 Å². The van der Waals surface area contributed by atoms with Crippen molar-refractivity contribution in [2.45, 2.75) is 24.1 Å². The average molecular weight is 391 g/mol. The summed E-state index contributed by atoms with van der Waals surface area (Å²) in [6, 6.07) is 6.59. The highest BCUT2D eigenvalue weighted by molar-refractivity contribution is 7.86. The van der Waals surface area contributed by atoms with Crippen molar-refractivity contribution < 1.29 is 35.0 Å². The third-order valence-electron chi connectivity index (χ3n) is 3.39. The SMILES string of the molecule is Cc1ccc(S(=O)(=O)OC(C(N)=O)c2ccc(F)cc2C(F)(F)F)cc1. The summed E-state index contributed by atoms with van der Waals surface area (Å²) in [7, 11) is -4.60. The van der Waals surface area contributed by atoms with Crippen molar-refractivity contribution in [3.63, 3.8) is 0 Å². The number of hydrogen-bond acceptors (Lipinski definition) is 4. The number of nitrogens with two attached hydrogens (primary N) is 1. The number of hydrogen-bond donors (Lipinski definition) is 1. The molecule has 2 aromatic rings. The van der Waals surface area contributed by atoms with Gasteiger partial charge in [0.1, 0.15) is 5.82 Å². The standard InChI is InChI=1S/C16H13F4NO4S/c1-9-2-5-11(6-3-9)26(23,24)25-14(15(21)22)12-7-4-10(17)8-13(12)16(18,19)20/h2-8,14H,1H3,(H2,21,22). The zero-order valence-electron chi connectivity index (χ0n) is 13.2. The maximum Gasteiger partial charge on any atom is 0.416 e. The molecule has 0 aliphatic heterocycles. The second-order valence-corrected chi connectivity index (χ2v) is 6.95. The number of primary amides is 1. The van der Waals surface area contributed by atoms with Crippen molar-refractivity contribution in [1.29, 1.82) is 0 Å². The van der Waals surface area contributed by atoms with Crippen molar-refractivity contribution in [2.75, 3.05) is 0 Å². The van der Waals surface area contributed by atoms with Crippen LogP contribution in [0.25, 0.3) is 0 Å². The Kier molecular flexibility index (Phi) is 5.38. The topological polar surface area (TPSA) is 86.5 Å². The van der Waals surface area contributed by atoms with Gasteiger partial charge in [-0.1, -0.05) is 23.8 Å². The molecule has 0 saturated carbocycles. The van der Waals surface area contributed by atoms with Gasteiger partial charge >= 0.3 is 6.18 Å². The lowest BCUT2D eigenvalue weighted by atomic mass is 10.0. The van der Waals surface area contributed by atoms with E-state index >= 15 is 0 Å². The minimum absolute atomic E-state index is 0.132. The fourth-order valence-corrected chi connectivity index (χ4v) is 3.17. The fourth-order valence-electron chi connectivity index (χ4n) is 2.14. The molecule has 0 heterocycles. The molecule has 0 aliphatic carbocycles. The molecule has 1 amide bonds. The van der Waals surface area contributed by atoms with Gasteiger partial charge in [-0.05, 0) is 31.2 Å². The summed E-state index contributed by atoms with van der Waals surface area (Å²) in [5.74, 6) is -2.69. The van der Waals surface area contributed by atoms with Crippen LogP contribution in [0, 0.1) is 12.7 Å². The first kappa shape index (κ1) is 19.9. The van der Waals surface area contributed by atoms with Gasteiger partial charge in [-0.25, -0.2) is 8.57 Å². The summed E-state index contributed by atoms with van der Waals surface area (Å²) in [6.07, 6.45) is -7.33. The highest BCUT2D eigenvalue weighted by Crippen LogP contribution is 2.37. The van der Waals surface area contributed by atoms with E-state index in [1.54, 1.807) is 6.92 Å². The Morgan fingerprint density at radius 3 is 2.19 bits per heavy atom. The first-order chi connectivity index (χ1) is 11.9. The quantitative estimate of drug-likeness (QED) is 0.627. The van der Waals surface area contributed by atoms with Crippen molar-refractivity contribution in [2.24, 2.45) is 5.73 Å². The molecule has 1 atom stereocenters. The number of benzene rings is 2. The Balaban J connectivity index is 2.51. The van der Waals surface area contributed by atoms with Gasteiger partial charge in [-0.15, -0.1) is 0 Å². The minimum Gasteiger partial charge on any atom is -0.367 e. The van der Waals surface area contributed by atoms with Crippen LogP contribution < -0.4 is 5.73 Å². The number of aryl methyl sites for hydroxylation is 1. The number of carbonyl (C=O) groups is 1. The fraction of sp³-hybridized carbons (Fsp3) is 0.188. The van der Waals surface area contributed by atoms with Crippen molar-refractivity contribution in [3.8, 4) is 0 Å². The predicted octanol–water partition coefficient (Wildman–Crippen LogP) is 3.08. The molecule has 0 spiro atoms. The number of carbonyl (C=O) groups excluding carboxylic acids is 1. The van der Waals surface area contributed by atoms with E-state index in [2.05, 4.69) is 4.18 Å². The smallest absolute Gasteiger partial charge is 0.367 e. The van der Waals surface area contributed by atoms with E-state index < -0.39 is 45.2 Å². The summed E-state index contributed by atoms with van der Waals surface area (Å²) in [5, 5.41) is 0. The van der Waals surface area contributed by atoms with Gasteiger partial charge in [0.05, 0.1) is 10.5 Å². The lowest BCUT2D eigenvalue weighted by Crippen LogP contribution is -2.28. The molecule has 2 aromatic carbocycles. The number of amides is 1. The third kappa shape index (κ3) is 4.38. The van der Waals surface area contributed by atoms with Crippen LogP contribution in [0.5, 0.6) is 0 Å². The Bertz CT molecular complexity index is 924. The van der Waals surface area contributed by atoms with Gasteiger partial charge < -0.3 is 5.73 Å². The van der Waals surface area contributed by atoms with E-state index in [4.69, 9.17) is 5.73 Å². The first-order valence-corrected chi connectivity index (χ1v) is 8.48. The maximum atomic E-state index is 13.2. The summed E-state index contributed by atoms with van der Waals surface area (Å²) in [6.45, 7) is 1.69. The van der Waals surface area contributed by atoms with E-state index in [-0.39, 0.29) is 11.0 Å². The van der Waals surface area contributed by atoms with Gasteiger partial charge in [0.2, 0.25) is 0 Å². The van der Waals surface area contributed by atoms with Crippen LogP contribution in [0.15, 0.2) is 47.4 Å². The number of alkyl halides is 3. The van der Waals surface area contributed by atoms with Crippen molar-refractivity contribution in [1.82, 2.24) is 0 Å². The lowest BCUT2D eigenvalue weighted by Gasteiger charge is -2.19. The molecule has 26 heavy (non-hydrogen) atoms. The number of rotatable bonds is 5. The number of halogens is 4. The molecule has 0 aliphatic rings. The second kappa shape index (κ2) is 7.04. The minimum atomic E-state index is -5.05. The molecular weight excluding hydrogens is 378 g/mol. The monoisotopic (exact) mass is 391 g/mol. The molecule has 2 N–H and O–H groups in total. The normalized spacial score (nSPS) is 13.4. The Morgan fingerprint density at radius 1 is 1.12 bits per heavy atom. The van der Waals surface area contributed by atoms with Crippen molar-refractivity contribution >= 4 is 16.0 Å². The van der Waals surface area contributed by atoms with Crippen molar-refractivity contribution in [3.05, 3.63) is 65.0 Å². The molecule has 140 valence electrons. The summed E-state index contributed by atoms with van der Waals surface area (Å²) in [4.78, 5) is 11.2. The first-order valence-electron chi connectivity index (χ1n) is 7.08. The molecule has 1 unspecified atom stereocenters. The van der Waals surface area contributed by atoms with E-state index in [0.717, 1.165) is 17.7 Å². The Labute approximate surface area is 146 Å². The van der Waals surface area contributed by atoms with Gasteiger partial charge in [-0.2, -0.15) is 21.6 Å². The molecule has 0 fully saturated rings. The van der Waals surface area contributed by atoms with Crippen LogP contribution in [-0.4, -0.2) is 14.3 Å². The molecule has 2 rings (SSSR count). The van der Waals surface area contributed by atoms with Crippen LogP contribution in [0.4, 0.5) is 17.6 Å². The van der Waals surface area contributed by atoms with Gasteiger partial charge in [0.25, 0.3) is 16.0 Å². The Morgan fingerprint density at radius 2 is 1.69 bits per heavy atom. The summed E-state index contributed by atoms with van der Waals surface area (Å²) in [5.41, 5.74) is 3.31. The van der Waals surface area contributed by atoms with Crippen LogP contribution in [0.2, 0.25) is 0 Å². The van der Waals surface area contributed by atoms with Crippen LogP contribution >= 0.6 is 0 Å². The zero-order chi connectivity index (χ0) is 19.7. The molecule has 0 aromatic heterocycles. The van der Waals surface area contributed by atoms with Crippen LogP contribution in [0.3, 0.4) is 0 Å². The highest BCUT2D eigenvalue weighted by atomic mass is 32.2. The zero-order valence-corrected chi connectivity index (χ0v) is 14.1. The lowest BCUT2D eigenvalue weighted by molar-refractivity contribution is -0.140. The molecule has 0 bridgehead atoms. The highest BCUT2D eigenvalue weighted by Gasteiger charge is 2.39. The van der Waals surface area contributed by atoms with E-state index in [1.807, 2.05) is 0 Å². The van der Waals surface area contributed by atoms with Gasteiger partial charge in [0, 0.05) is 5.56 Å². The van der Waals surface area contributed by atoms with Gasteiger partial charge in [-0.3, -0.25) is 4.79 Å². The van der Waals surface area contributed by atoms with Crippen LogP contribution in [0.1, 0.15) is 22.8 Å². The second-order valence-electron chi connectivity index (χ2n) is 5.38.